The van der Waals surface area contributed by atoms with Crippen molar-refractivity contribution in [1.29, 1.82) is 0 Å². The van der Waals surface area contributed by atoms with Crippen molar-refractivity contribution in [3.05, 3.63) is 92.8 Å². The maximum atomic E-state index is 13.3. The maximum Gasteiger partial charge on any atom is 0.296 e. The van der Waals surface area contributed by atoms with E-state index in [1.807, 2.05) is 24.4 Å². The Morgan fingerprint density at radius 3 is 2.62 bits per heavy atom. The fraction of sp³-hybridized carbons (Fsp3) is 0.167. The minimum atomic E-state index is -0.812. The van der Waals surface area contributed by atoms with Crippen LogP contribution in [0.25, 0.3) is 0 Å². The van der Waals surface area contributed by atoms with Crippen LogP contribution in [0.2, 0.25) is 0 Å². The molecule has 172 valence electrons. The van der Waals surface area contributed by atoms with Crippen LogP contribution in [0.4, 0.5) is 5.13 Å². The molecule has 1 aromatic carbocycles. The van der Waals surface area contributed by atoms with E-state index in [2.05, 4.69) is 34.5 Å². The summed E-state index contributed by atoms with van der Waals surface area (Å²) in [5.74, 6) is -0.461. The van der Waals surface area contributed by atoms with Crippen LogP contribution in [0.5, 0.6) is 0 Å². The van der Waals surface area contributed by atoms with Crippen LogP contribution in [0, 0.1) is 13.8 Å². The minimum absolute atomic E-state index is 0.0224. The Morgan fingerprint density at radius 1 is 1.15 bits per heavy atom. The van der Waals surface area contributed by atoms with Crippen molar-refractivity contribution in [3.63, 3.8) is 0 Å². The Bertz CT molecular complexity index is 1390. The maximum absolute atomic E-state index is 13.3. The molecule has 0 aliphatic carbocycles. The molecule has 1 atom stereocenters. The zero-order valence-corrected chi connectivity index (χ0v) is 20.7. The molecule has 34 heavy (non-hydrogen) atoms. The summed E-state index contributed by atoms with van der Waals surface area (Å²) in [5, 5.41) is 21.4. The third kappa shape index (κ3) is 4.20. The van der Waals surface area contributed by atoms with Crippen molar-refractivity contribution in [3.8, 4) is 0 Å². The number of benzene rings is 1. The average molecular weight is 510 g/mol. The van der Waals surface area contributed by atoms with Crippen molar-refractivity contribution >= 4 is 51.3 Å². The van der Waals surface area contributed by atoms with Crippen LogP contribution in [-0.2, 0) is 10.5 Å². The van der Waals surface area contributed by atoms with E-state index >= 15 is 0 Å². The lowest BCUT2D eigenvalue weighted by Gasteiger charge is -2.22. The predicted molar refractivity (Wildman–Crippen MR) is 133 cm³/mol. The number of carbonyl (C=O) groups excluding carboxylic acids is 2. The number of furan rings is 1. The summed E-state index contributed by atoms with van der Waals surface area (Å²) in [7, 11) is 0. The minimum Gasteiger partial charge on any atom is -0.503 e. The molecule has 7 nitrogen and oxygen atoms in total. The molecule has 1 aliphatic rings. The number of aromatic nitrogens is 2. The number of Topliss-reactive ketones (excluding diaryl/α,β-unsaturated/α-hetero) is 1. The van der Waals surface area contributed by atoms with E-state index in [0.717, 1.165) is 10.4 Å². The predicted octanol–water partition coefficient (Wildman–Crippen LogP) is 5.88. The Labute approximate surface area is 207 Å². The molecule has 1 N–H and O–H groups in total. The number of ketones is 1. The van der Waals surface area contributed by atoms with Gasteiger partial charge >= 0.3 is 0 Å². The number of anilines is 1. The first-order valence-electron chi connectivity index (χ1n) is 10.4. The molecule has 10 heteroatoms. The molecule has 4 aromatic rings. The van der Waals surface area contributed by atoms with Crippen molar-refractivity contribution < 1.29 is 19.1 Å². The summed E-state index contributed by atoms with van der Waals surface area (Å²) >= 11 is 4.16. The second-order valence-electron chi connectivity index (χ2n) is 7.72. The number of hydrogen-bond donors (Lipinski definition) is 1. The Kier molecular flexibility index (Phi) is 6.11. The van der Waals surface area contributed by atoms with E-state index in [9.17, 15) is 14.7 Å². The first kappa shape index (κ1) is 22.6. The molecule has 0 saturated carbocycles. The van der Waals surface area contributed by atoms with E-state index in [1.165, 1.54) is 44.9 Å². The fourth-order valence-electron chi connectivity index (χ4n) is 3.63. The highest BCUT2D eigenvalue weighted by atomic mass is 32.2. The number of aliphatic hydroxyl groups excluding tert-OH is 1. The second kappa shape index (κ2) is 9.21. The molecule has 1 aliphatic heterocycles. The fourth-order valence-corrected chi connectivity index (χ4v) is 6.27. The molecular formula is C24H19N3O4S3. The smallest absolute Gasteiger partial charge is 0.296 e. The van der Waals surface area contributed by atoms with Gasteiger partial charge in [0.2, 0.25) is 10.9 Å². The van der Waals surface area contributed by atoms with Crippen molar-refractivity contribution in [1.82, 2.24) is 10.2 Å². The van der Waals surface area contributed by atoms with Gasteiger partial charge in [0, 0.05) is 10.6 Å². The standard InChI is InChI=1S/C24H19N3O4S3/c1-13-5-8-15(9-6-13)12-33-24-26-25-23(34-24)27-19(17-4-3-11-32-17)18(21(29)22(27)30)20(28)16-10-7-14(2)31-16/h3-11,19,29H,12H2,1-2H3. The zero-order chi connectivity index (χ0) is 23.8. The van der Waals surface area contributed by atoms with E-state index in [1.54, 1.807) is 19.1 Å². The number of carbonyl (C=O) groups is 2. The van der Waals surface area contributed by atoms with E-state index in [-0.39, 0.29) is 11.3 Å². The summed E-state index contributed by atoms with van der Waals surface area (Å²) in [5.41, 5.74) is 2.33. The first-order chi connectivity index (χ1) is 16.4. The van der Waals surface area contributed by atoms with Gasteiger partial charge in [0.1, 0.15) is 11.8 Å². The number of aryl methyl sites for hydroxylation is 2. The Hall–Kier alpha value is -3.21. The average Bonchev–Trinajstić information content (AvgIpc) is 3.62. The van der Waals surface area contributed by atoms with Crippen LogP contribution in [0.1, 0.15) is 38.4 Å². The highest BCUT2D eigenvalue weighted by Gasteiger charge is 2.47. The van der Waals surface area contributed by atoms with Crippen molar-refractivity contribution in [2.45, 2.75) is 30.0 Å². The normalized spacial score (nSPS) is 16.0. The van der Waals surface area contributed by atoms with Gasteiger partial charge in [-0.3, -0.25) is 14.5 Å². The molecule has 0 radical (unpaired) electrons. The van der Waals surface area contributed by atoms with E-state index in [4.69, 9.17) is 4.42 Å². The van der Waals surface area contributed by atoms with Gasteiger partial charge in [-0.05, 0) is 43.0 Å². The van der Waals surface area contributed by atoms with Gasteiger partial charge < -0.3 is 9.52 Å². The molecule has 4 heterocycles. The highest BCUT2D eigenvalue weighted by Crippen LogP contribution is 2.45. The van der Waals surface area contributed by atoms with Crippen LogP contribution in [0.15, 0.2) is 74.0 Å². The first-order valence-corrected chi connectivity index (χ1v) is 13.0. The highest BCUT2D eigenvalue weighted by molar-refractivity contribution is 8.00. The lowest BCUT2D eigenvalue weighted by atomic mass is 10.0. The summed E-state index contributed by atoms with van der Waals surface area (Å²) in [4.78, 5) is 28.5. The molecule has 0 spiro atoms. The van der Waals surface area contributed by atoms with Gasteiger partial charge in [-0.2, -0.15) is 0 Å². The lowest BCUT2D eigenvalue weighted by Crippen LogP contribution is -2.30. The molecule has 0 saturated heterocycles. The largest absolute Gasteiger partial charge is 0.503 e. The third-order valence-corrected chi connectivity index (χ3v) is 8.37. The topological polar surface area (TPSA) is 96.5 Å². The zero-order valence-electron chi connectivity index (χ0n) is 18.2. The van der Waals surface area contributed by atoms with Crippen molar-refractivity contribution in [2.24, 2.45) is 0 Å². The SMILES string of the molecule is Cc1ccc(CSc2nnc(N3C(=O)C(O)=C(C(=O)c4ccc(C)o4)C3c3cccs3)s2)cc1. The van der Waals surface area contributed by atoms with Crippen molar-refractivity contribution in [2.75, 3.05) is 4.90 Å². The number of aliphatic hydroxyl groups is 1. The summed E-state index contributed by atoms with van der Waals surface area (Å²) in [6.07, 6.45) is 0. The molecule has 3 aromatic heterocycles. The van der Waals surface area contributed by atoms with Gasteiger partial charge in [0.15, 0.2) is 15.9 Å². The second-order valence-corrected chi connectivity index (χ2v) is 10.9. The summed E-state index contributed by atoms with van der Waals surface area (Å²) < 4.78 is 6.17. The molecule has 0 bridgehead atoms. The number of thioether (sulfide) groups is 1. The molecule has 1 unspecified atom stereocenters. The Morgan fingerprint density at radius 2 is 1.94 bits per heavy atom. The number of amides is 1. The quantitative estimate of drug-likeness (QED) is 0.189. The summed E-state index contributed by atoms with van der Waals surface area (Å²) in [6, 6.07) is 14.3. The van der Waals surface area contributed by atoms with Gasteiger partial charge in [-0.1, -0.05) is 59.0 Å². The molecular weight excluding hydrogens is 490 g/mol. The van der Waals surface area contributed by atoms with Crippen LogP contribution in [-0.4, -0.2) is 27.0 Å². The number of rotatable bonds is 7. The van der Waals surface area contributed by atoms with E-state index < -0.39 is 23.5 Å². The van der Waals surface area contributed by atoms with Gasteiger partial charge in [-0.15, -0.1) is 21.5 Å². The van der Waals surface area contributed by atoms with Crippen LogP contribution in [0.3, 0.4) is 0 Å². The van der Waals surface area contributed by atoms with Gasteiger partial charge in [0.05, 0.1) is 5.57 Å². The Balaban J connectivity index is 1.45. The van der Waals surface area contributed by atoms with Gasteiger partial charge in [0.25, 0.3) is 5.91 Å². The number of nitrogens with zero attached hydrogens (tertiary/aromatic N) is 3. The van der Waals surface area contributed by atoms with Gasteiger partial charge in [-0.25, -0.2) is 0 Å². The number of hydrogen-bond acceptors (Lipinski definition) is 9. The number of thiophene rings is 1. The van der Waals surface area contributed by atoms with Crippen LogP contribution < -0.4 is 4.90 Å². The monoisotopic (exact) mass is 509 g/mol. The molecule has 5 rings (SSSR count). The third-order valence-electron chi connectivity index (χ3n) is 5.31. The summed E-state index contributed by atoms with van der Waals surface area (Å²) in [6.45, 7) is 3.77. The van der Waals surface area contributed by atoms with Crippen LogP contribution >= 0.6 is 34.4 Å². The molecule has 1 amide bonds. The van der Waals surface area contributed by atoms with E-state index in [0.29, 0.717) is 21.0 Å². The lowest BCUT2D eigenvalue weighted by molar-refractivity contribution is -0.117. The molecule has 0 fully saturated rings.